The van der Waals surface area contributed by atoms with Crippen molar-refractivity contribution in [3.05, 3.63) is 205 Å². The second kappa shape index (κ2) is 16.7. The van der Waals surface area contributed by atoms with Gasteiger partial charge in [-0.15, -0.1) is 0 Å². The highest BCUT2D eigenvalue weighted by molar-refractivity contribution is 6.25. The van der Waals surface area contributed by atoms with Gasteiger partial charge in [0.15, 0.2) is 0 Å². The molecule has 0 aliphatic carbocycles. The van der Waals surface area contributed by atoms with E-state index in [4.69, 9.17) is 9.97 Å². The number of hydrogen-bond acceptors (Lipinski definition) is 2. The molecule has 13 aromatic rings. The fourth-order valence-electron chi connectivity index (χ4n) is 12.1. The van der Waals surface area contributed by atoms with Crippen LogP contribution in [0.25, 0.3) is 121 Å². The van der Waals surface area contributed by atoms with E-state index >= 15 is 0 Å². The minimum Gasteiger partial charge on any atom is -0.309 e. The zero-order valence-corrected chi connectivity index (χ0v) is 46.1. The van der Waals surface area contributed by atoms with E-state index in [1.165, 1.54) is 65.9 Å². The van der Waals surface area contributed by atoms with Gasteiger partial charge < -0.3 is 9.13 Å². The van der Waals surface area contributed by atoms with Crippen LogP contribution in [0, 0.1) is 0 Å². The number of rotatable bonds is 4. The van der Waals surface area contributed by atoms with Crippen LogP contribution in [0.3, 0.4) is 0 Å². The highest BCUT2D eigenvalue weighted by Crippen LogP contribution is 2.49. The molecule has 0 N–H and O–H groups in total. The number of hydrogen-bond donors (Lipinski definition) is 0. The second-order valence-electron chi connectivity index (χ2n) is 25.6. The highest BCUT2D eigenvalue weighted by atomic mass is 15.0. The Morgan fingerprint density at radius 3 is 0.908 bits per heavy atom. The molecule has 4 nitrogen and oxygen atoms in total. The summed E-state index contributed by atoms with van der Waals surface area (Å²) in [7, 11) is 0. The SMILES string of the molecule is CC(C)(C)c1ccc2c(c1)c1cc(C(C)(C)C)ccc1n2-c1ccc2c(-c3nccc4ccccc34)c3cc(-n4c5ccc(C(C)(C)C)cc5c5cc(C(C)(C)C)ccc54)ccc3c(-c3nccc4ccccc34)c2c1. The molecule has 0 fully saturated rings. The van der Waals surface area contributed by atoms with Crippen LogP contribution in [0.2, 0.25) is 0 Å². The Hall–Kier alpha value is -8.08. The third-order valence-corrected chi connectivity index (χ3v) is 16.4. The maximum atomic E-state index is 5.37. The first-order valence-corrected chi connectivity index (χ1v) is 27.1. The van der Waals surface area contributed by atoms with Crippen molar-refractivity contribution in [3.63, 3.8) is 0 Å². The first kappa shape index (κ1) is 47.6. The van der Waals surface area contributed by atoms with Gasteiger partial charge in [0, 0.05) is 67.2 Å². The second-order valence-corrected chi connectivity index (χ2v) is 25.6. The summed E-state index contributed by atoms with van der Waals surface area (Å²) < 4.78 is 4.98. The first-order chi connectivity index (χ1) is 36.2. The molecule has 0 bridgehead atoms. The summed E-state index contributed by atoms with van der Waals surface area (Å²) in [4.78, 5) is 10.7. The molecular formula is C72H66N4. The molecular weight excluding hydrogens is 921 g/mol. The molecule has 4 aromatic heterocycles. The fourth-order valence-corrected chi connectivity index (χ4v) is 12.1. The van der Waals surface area contributed by atoms with E-state index in [0.29, 0.717) is 0 Å². The van der Waals surface area contributed by atoms with Gasteiger partial charge in [0.1, 0.15) is 0 Å². The van der Waals surface area contributed by atoms with E-state index in [0.717, 1.165) is 77.0 Å². The summed E-state index contributed by atoms with van der Waals surface area (Å²) in [5.74, 6) is 0. The zero-order valence-electron chi connectivity index (χ0n) is 46.1. The summed E-state index contributed by atoms with van der Waals surface area (Å²) in [6.45, 7) is 27.7. The molecule has 0 aliphatic rings. The lowest BCUT2D eigenvalue weighted by molar-refractivity contribution is 0.590. The molecule has 4 heteroatoms. The standard InChI is InChI=1S/C72H66N4/c1-69(2,3)45-21-29-61-55(37-45)56-38-46(70(4,5)6)22-30-62(56)75(61)49-25-27-53-59(41-49)65(67-51-19-15-13-17-43(51)33-35-73-67)54-28-26-50(42-60(54)66(53)68-52-20-16-14-18-44(52)34-36-74-68)76-63-31-23-47(71(7,8)9)39-57(63)58-40-48(72(10,11)12)24-32-64(58)76/h13-42H,1-12H3. The molecule has 0 unspecified atom stereocenters. The first-order valence-electron chi connectivity index (χ1n) is 27.1. The normalized spacial score (nSPS) is 13.0. The van der Waals surface area contributed by atoms with Crippen LogP contribution in [0.4, 0.5) is 0 Å². The Kier molecular flexibility index (Phi) is 10.5. The van der Waals surface area contributed by atoms with Crippen LogP contribution in [-0.2, 0) is 21.7 Å². The van der Waals surface area contributed by atoms with Gasteiger partial charge in [-0.1, -0.05) is 168 Å². The number of pyridine rings is 2. The Labute approximate surface area is 446 Å². The minimum absolute atomic E-state index is 0.00630. The van der Waals surface area contributed by atoms with Gasteiger partial charge in [-0.05, 0) is 161 Å². The molecule has 0 saturated heterocycles. The number of benzene rings is 9. The number of aromatic nitrogens is 4. The molecule has 374 valence electrons. The lowest BCUT2D eigenvalue weighted by atomic mass is 9.85. The largest absolute Gasteiger partial charge is 0.309 e. The summed E-state index contributed by atoms with van der Waals surface area (Å²) in [5.41, 5.74) is 16.4. The summed E-state index contributed by atoms with van der Waals surface area (Å²) in [6.07, 6.45) is 3.96. The third kappa shape index (κ3) is 7.54. The molecule has 13 rings (SSSR count). The van der Waals surface area contributed by atoms with Crippen LogP contribution >= 0.6 is 0 Å². The van der Waals surface area contributed by atoms with E-state index < -0.39 is 0 Å². The average molecular weight is 987 g/mol. The Balaban J connectivity index is 1.18. The van der Waals surface area contributed by atoms with Crippen molar-refractivity contribution in [1.29, 1.82) is 0 Å². The molecule has 0 spiro atoms. The summed E-state index contributed by atoms with van der Waals surface area (Å²) in [5, 5.41) is 14.1. The Morgan fingerprint density at radius 1 is 0.276 bits per heavy atom. The van der Waals surface area contributed by atoms with E-state index in [-0.39, 0.29) is 21.7 Å². The molecule has 0 amide bonds. The predicted molar refractivity (Wildman–Crippen MR) is 326 cm³/mol. The molecule has 0 atom stereocenters. The molecule has 0 saturated carbocycles. The van der Waals surface area contributed by atoms with Crippen LogP contribution in [-0.4, -0.2) is 19.1 Å². The van der Waals surface area contributed by atoms with Gasteiger partial charge >= 0.3 is 0 Å². The summed E-state index contributed by atoms with van der Waals surface area (Å²) in [6, 6.07) is 64.4. The van der Waals surface area contributed by atoms with Gasteiger partial charge in [0.2, 0.25) is 0 Å². The number of fused-ring (bicyclic) bond motifs is 10. The minimum atomic E-state index is -0.00630. The van der Waals surface area contributed by atoms with Crippen molar-refractivity contribution in [1.82, 2.24) is 19.1 Å². The Morgan fingerprint density at radius 2 is 0.592 bits per heavy atom. The maximum Gasteiger partial charge on any atom is 0.0792 e. The predicted octanol–water partition coefficient (Wildman–Crippen LogP) is 19.8. The molecule has 0 radical (unpaired) electrons. The van der Waals surface area contributed by atoms with Crippen LogP contribution in [0.5, 0.6) is 0 Å². The quantitative estimate of drug-likeness (QED) is 0.165. The van der Waals surface area contributed by atoms with E-state index in [2.05, 4.69) is 262 Å². The maximum absolute atomic E-state index is 5.37. The molecule has 76 heavy (non-hydrogen) atoms. The Bertz CT molecular complexity index is 4100. The van der Waals surface area contributed by atoms with Crippen molar-refractivity contribution in [2.24, 2.45) is 0 Å². The van der Waals surface area contributed by atoms with Crippen molar-refractivity contribution < 1.29 is 0 Å². The smallest absolute Gasteiger partial charge is 0.0792 e. The fraction of sp³-hybridized carbons (Fsp3) is 0.222. The monoisotopic (exact) mass is 987 g/mol. The van der Waals surface area contributed by atoms with E-state index in [9.17, 15) is 0 Å². The van der Waals surface area contributed by atoms with Crippen LogP contribution in [0.1, 0.15) is 105 Å². The third-order valence-electron chi connectivity index (χ3n) is 16.4. The average Bonchev–Trinajstić information content (AvgIpc) is 4.02. The summed E-state index contributed by atoms with van der Waals surface area (Å²) >= 11 is 0. The van der Waals surface area contributed by atoms with Gasteiger partial charge in [0.05, 0.1) is 33.5 Å². The topological polar surface area (TPSA) is 35.6 Å². The van der Waals surface area contributed by atoms with Gasteiger partial charge in [0.25, 0.3) is 0 Å². The van der Waals surface area contributed by atoms with Crippen LogP contribution < -0.4 is 0 Å². The number of nitrogens with zero attached hydrogens (tertiary/aromatic N) is 4. The lowest BCUT2D eigenvalue weighted by Crippen LogP contribution is -2.10. The molecule has 4 heterocycles. The molecule has 0 aliphatic heterocycles. The van der Waals surface area contributed by atoms with Crippen LogP contribution in [0.15, 0.2) is 182 Å². The zero-order chi connectivity index (χ0) is 52.8. The van der Waals surface area contributed by atoms with Crippen molar-refractivity contribution >= 4 is 86.7 Å². The van der Waals surface area contributed by atoms with Crippen molar-refractivity contribution in [2.75, 3.05) is 0 Å². The van der Waals surface area contributed by atoms with Crippen molar-refractivity contribution in [3.8, 4) is 33.9 Å². The van der Waals surface area contributed by atoms with Gasteiger partial charge in [-0.3, -0.25) is 9.97 Å². The van der Waals surface area contributed by atoms with E-state index in [1.807, 2.05) is 12.4 Å². The van der Waals surface area contributed by atoms with Gasteiger partial charge in [-0.25, -0.2) is 0 Å². The lowest BCUT2D eigenvalue weighted by Gasteiger charge is -2.21. The molecule has 9 aromatic carbocycles. The highest BCUT2D eigenvalue weighted by Gasteiger charge is 2.27. The van der Waals surface area contributed by atoms with Gasteiger partial charge in [-0.2, -0.15) is 0 Å². The van der Waals surface area contributed by atoms with E-state index in [1.54, 1.807) is 0 Å². The van der Waals surface area contributed by atoms with Crippen molar-refractivity contribution in [2.45, 2.75) is 105 Å².